The van der Waals surface area contributed by atoms with Crippen LogP contribution in [0.1, 0.15) is 26.3 Å². The number of phenolic OH excluding ortho intramolecular Hbond substituents is 1. The van der Waals surface area contributed by atoms with Gasteiger partial charge in [-0.25, -0.2) is 14.4 Å². The molecule has 0 saturated heterocycles. The lowest BCUT2D eigenvalue weighted by Crippen LogP contribution is -2.30. The SMILES string of the molecule is CN(C)S(=O)(=O)Oc1c2c(c(O)c3nccnc13)C(=O)N(Cc1ccc(F)cc1)C2=O. The summed E-state index contributed by atoms with van der Waals surface area (Å²) in [6.07, 6.45) is 2.46. The first-order chi connectivity index (χ1) is 14.6. The number of aromatic nitrogens is 2. The summed E-state index contributed by atoms with van der Waals surface area (Å²) in [4.78, 5) is 34.9. The third-order valence-corrected chi connectivity index (χ3v) is 5.93. The standard InChI is InChI=1S/C19H15FN4O6S/c1-23(2)31(28,29)30-17-13-12(16(25)14-15(17)22-8-7-21-14)18(26)24(19(13)27)9-10-3-5-11(20)6-4-10/h3-8,25H,9H2,1-2H3. The molecule has 1 aromatic heterocycles. The van der Waals surface area contributed by atoms with Crippen LogP contribution in [-0.4, -0.2) is 58.6 Å². The van der Waals surface area contributed by atoms with Crippen LogP contribution in [0.15, 0.2) is 36.7 Å². The molecule has 4 rings (SSSR count). The summed E-state index contributed by atoms with van der Waals surface area (Å²) in [5, 5.41) is 10.6. The van der Waals surface area contributed by atoms with Gasteiger partial charge in [0, 0.05) is 26.5 Å². The van der Waals surface area contributed by atoms with Gasteiger partial charge in [0.2, 0.25) is 0 Å². The maximum absolute atomic E-state index is 13.2. The minimum atomic E-state index is -4.34. The van der Waals surface area contributed by atoms with Gasteiger partial charge in [0.25, 0.3) is 11.8 Å². The lowest BCUT2D eigenvalue weighted by Gasteiger charge is -2.16. The van der Waals surface area contributed by atoms with Crippen molar-refractivity contribution in [3.05, 3.63) is 59.2 Å². The van der Waals surface area contributed by atoms with E-state index in [9.17, 15) is 27.5 Å². The normalized spacial score (nSPS) is 13.9. The van der Waals surface area contributed by atoms with Crippen LogP contribution in [0.3, 0.4) is 0 Å². The summed E-state index contributed by atoms with van der Waals surface area (Å²) >= 11 is 0. The predicted octanol–water partition coefficient (Wildman–Crippen LogP) is 1.46. The van der Waals surface area contributed by atoms with E-state index in [2.05, 4.69) is 9.97 Å². The monoisotopic (exact) mass is 446 g/mol. The largest absolute Gasteiger partial charge is 0.505 e. The van der Waals surface area contributed by atoms with Crippen LogP contribution in [0.2, 0.25) is 0 Å². The van der Waals surface area contributed by atoms with Crippen LogP contribution >= 0.6 is 0 Å². The highest BCUT2D eigenvalue weighted by molar-refractivity contribution is 7.84. The smallest absolute Gasteiger partial charge is 0.384 e. The van der Waals surface area contributed by atoms with Gasteiger partial charge in [-0.3, -0.25) is 14.5 Å². The Balaban J connectivity index is 1.91. The molecule has 12 heteroatoms. The van der Waals surface area contributed by atoms with Crippen molar-refractivity contribution in [2.45, 2.75) is 6.54 Å². The highest BCUT2D eigenvalue weighted by atomic mass is 32.2. The number of halogens is 1. The molecule has 1 N–H and O–H groups in total. The Labute approximate surface area is 175 Å². The summed E-state index contributed by atoms with van der Waals surface area (Å²) < 4.78 is 43.8. The van der Waals surface area contributed by atoms with Gasteiger partial charge in [0.05, 0.1) is 6.54 Å². The third-order valence-electron chi connectivity index (χ3n) is 4.66. The van der Waals surface area contributed by atoms with Crippen LogP contribution < -0.4 is 4.18 Å². The molecule has 0 radical (unpaired) electrons. The highest BCUT2D eigenvalue weighted by Crippen LogP contribution is 2.43. The summed E-state index contributed by atoms with van der Waals surface area (Å²) in [7, 11) is -1.90. The van der Waals surface area contributed by atoms with Crippen molar-refractivity contribution in [1.82, 2.24) is 19.2 Å². The average Bonchev–Trinajstić information content (AvgIpc) is 2.97. The fourth-order valence-electron chi connectivity index (χ4n) is 3.10. The van der Waals surface area contributed by atoms with Gasteiger partial charge in [-0.15, -0.1) is 0 Å². The molecule has 1 aliphatic rings. The first-order valence-electron chi connectivity index (χ1n) is 8.84. The number of carbonyl (C=O) groups is 2. The van der Waals surface area contributed by atoms with Gasteiger partial charge in [0.1, 0.15) is 28.0 Å². The molecule has 2 heterocycles. The second kappa shape index (κ2) is 7.25. The van der Waals surface area contributed by atoms with Crippen LogP contribution in [0.4, 0.5) is 4.39 Å². The number of aromatic hydroxyl groups is 1. The molecule has 31 heavy (non-hydrogen) atoms. The number of imide groups is 1. The van der Waals surface area contributed by atoms with Gasteiger partial charge in [-0.2, -0.15) is 12.7 Å². The quantitative estimate of drug-likeness (QED) is 0.583. The van der Waals surface area contributed by atoms with E-state index in [0.717, 1.165) is 9.21 Å². The van der Waals surface area contributed by atoms with Gasteiger partial charge < -0.3 is 9.29 Å². The Morgan fingerprint density at radius 2 is 1.61 bits per heavy atom. The minimum Gasteiger partial charge on any atom is -0.505 e. The Bertz CT molecular complexity index is 1340. The van der Waals surface area contributed by atoms with Crippen LogP contribution in [0.5, 0.6) is 11.5 Å². The number of nitrogens with zero attached hydrogens (tertiary/aromatic N) is 4. The summed E-state index contributed by atoms with van der Waals surface area (Å²) in [5.74, 6) is -3.38. The molecular weight excluding hydrogens is 431 g/mol. The molecule has 0 atom stereocenters. The second-order valence-corrected chi connectivity index (χ2v) is 8.58. The molecule has 2 aromatic carbocycles. The van der Waals surface area contributed by atoms with E-state index in [1.165, 1.54) is 50.8 Å². The molecule has 1 aliphatic heterocycles. The number of benzene rings is 2. The van der Waals surface area contributed by atoms with Crippen LogP contribution in [0, 0.1) is 5.82 Å². The minimum absolute atomic E-state index is 0.199. The summed E-state index contributed by atoms with van der Waals surface area (Å²) in [6, 6.07) is 5.13. The van der Waals surface area contributed by atoms with Crippen molar-refractivity contribution in [2.75, 3.05) is 14.1 Å². The molecule has 0 aliphatic carbocycles. The van der Waals surface area contributed by atoms with Crippen molar-refractivity contribution in [1.29, 1.82) is 0 Å². The van der Waals surface area contributed by atoms with Crippen molar-refractivity contribution in [3.63, 3.8) is 0 Å². The Morgan fingerprint density at radius 1 is 1.03 bits per heavy atom. The lowest BCUT2D eigenvalue weighted by molar-refractivity contribution is 0.0641. The number of phenols is 1. The Hall–Kier alpha value is -3.64. The van der Waals surface area contributed by atoms with Gasteiger partial charge in [-0.05, 0) is 17.7 Å². The molecule has 160 valence electrons. The zero-order valence-corrected chi connectivity index (χ0v) is 17.1. The number of hydrogen-bond donors (Lipinski definition) is 1. The van der Waals surface area contributed by atoms with Gasteiger partial charge in [0.15, 0.2) is 11.5 Å². The summed E-state index contributed by atoms with van der Waals surface area (Å²) in [6.45, 7) is -0.233. The molecule has 0 saturated carbocycles. The molecule has 2 amide bonds. The Kier molecular flexibility index (Phi) is 4.82. The molecular formula is C19H15FN4O6S. The third kappa shape index (κ3) is 3.35. The molecule has 3 aromatic rings. The van der Waals surface area contributed by atoms with E-state index >= 15 is 0 Å². The van der Waals surface area contributed by atoms with Crippen molar-refractivity contribution >= 4 is 33.2 Å². The second-order valence-electron chi connectivity index (χ2n) is 6.83. The number of rotatable bonds is 5. The van der Waals surface area contributed by atoms with Crippen molar-refractivity contribution < 1.29 is 31.7 Å². The first kappa shape index (κ1) is 20.6. The summed E-state index contributed by atoms with van der Waals surface area (Å²) in [5.41, 5.74) is -0.837. The van der Waals surface area contributed by atoms with E-state index in [4.69, 9.17) is 4.18 Å². The maximum Gasteiger partial charge on any atom is 0.384 e. The highest BCUT2D eigenvalue weighted by Gasteiger charge is 2.44. The number of carbonyl (C=O) groups excluding carboxylic acids is 2. The first-order valence-corrected chi connectivity index (χ1v) is 10.2. The molecule has 0 fully saturated rings. The number of fused-ring (bicyclic) bond motifs is 2. The topological polar surface area (TPSA) is 130 Å². The lowest BCUT2D eigenvalue weighted by atomic mass is 10.1. The van der Waals surface area contributed by atoms with Gasteiger partial charge in [-0.1, -0.05) is 12.1 Å². The van der Waals surface area contributed by atoms with Crippen molar-refractivity contribution in [3.8, 4) is 11.5 Å². The fourth-order valence-corrected chi connectivity index (χ4v) is 3.62. The van der Waals surface area contributed by atoms with E-state index in [-0.39, 0.29) is 17.6 Å². The Morgan fingerprint density at radius 3 is 2.23 bits per heavy atom. The van der Waals surface area contributed by atoms with E-state index in [0.29, 0.717) is 5.56 Å². The zero-order valence-electron chi connectivity index (χ0n) is 16.2. The van der Waals surface area contributed by atoms with E-state index in [1.54, 1.807) is 0 Å². The average molecular weight is 446 g/mol. The van der Waals surface area contributed by atoms with Crippen molar-refractivity contribution in [2.24, 2.45) is 0 Å². The molecule has 0 spiro atoms. The fraction of sp³-hybridized carbons (Fsp3) is 0.158. The maximum atomic E-state index is 13.2. The van der Waals surface area contributed by atoms with Crippen LogP contribution in [-0.2, 0) is 16.8 Å². The number of hydrogen-bond acceptors (Lipinski definition) is 8. The van der Waals surface area contributed by atoms with E-state index in [1.807, 2.05) is 0 Å². The number of amides is 2. The zero-order chi connectivity index (χ0) is 22.5. The van der Waals surface area contributed by atoms with Crippen LogP contribution in [0.25, 0.3) is 11.0 Å². The molecule has 0 unspecified atom stereocenters. The van der Waals surface area contributed by atoms with Gasteiger partial charge >= 0.3 is 10.3 Å². The molecule has 10 nitrogen and oxygen atoms in total. The predicted molar refractivity (Wildman–Crippen MR) is 105 cm³/mol. The molecule has 0 bridgehead atoms. The van der Waals surface area contributed by atoms with E-state index < -0.39 is 50.6 Å².